The fourth-order valence-electron chi connectivity index (χ4n) is 2.82. The van der Waals surface area contributed by atoms with Crippen LogP contribution in [0, 0.1) is 0 Å². The molecule has 0 saturated carbocycles. The van der Waals surface area contributed by atoms with E-state index in [4.69, 9.17) is 9.47 Å². The lowest BCUT2D eigenvalue weighted by molar-refractivity contribution is -0.111. The Morgan fingerprint density at radius 2 is 1.37 bits per heavy atom. The van der Waals surface area contributed by atoms with Crippen LogP contribution in [0.2, 0.25) is 0 Å². The lowest BCUT2D eigenvalue weighted by Crippen LogP contribution is -2.19. The van der Waals surface area contributed by atoms with Gasteiger partial charge >= 0.3 is 6.03 Å². The summed E-state index contributed by atoms with van der Waals surface area (Å²) in [5, 5.41) is 8.25. The number of benzene rings is 3. The zero-order valence-electron chi connectivity index (χ0n) is 15.9. The van der Waals surface area contributed by atoms with Crippen molar-refractivity contribution < 1.29 is 19.1 Å². The van der Waals surface area contributed by atoms with Gasteiger partial charge in [0.15, 0.2) is 11.5 Å². The topological polar surface area (TPSA) is 88.7 Å². The average Bonchev–Trinajstić information content (AvgIpc) is 3.22. The first-order chi connectivity index (χ1) is 14.7. The highest BCUT2D eigenvalue weighted by Crippen LogP contribution is 2.32. The van der Waals surface area contributed by atoms with Gasteiger partial charge in [0.2, 0.25) is 12.7 Å². The average molecular weight is 401 g/mol. The molecule has 0 atom stereocenters. The number of amides is 3. The molecule has 7 heteroatoms. The second-order valence-corrected chi connectivity index (χ2v) is 6.46. The largest absolute Gasteiger partial charge is 0.454 e. The molecule has 0 saturated heterocycles. The van der Waals surface area contributed by atoms with Crippen LogP contribution in [0.25, 0.3) is 6.08 Å². The van der Waals surface area contributed by atoms with Crippen molar-refractivity contribution in [2.24, 2.45) is 0 Å². The number of carbonyl (C=O) groups is 2. The van der Waals surface area contributed by atoms with Crippen molar-refractivity contribution in [1.82, 2.24) is 0 Å². The molecular weight excluding hydrogens is 382 g/mol. The molecular formula is C23H19N3O4. The number of carbonyl (C=O) groups excluding carboxylic acids is 2. The highest BCUT2D eigenvalue weighted by molar-refractivity contribution is 6.02. The number of hydrogen-bond donors (Lipinski definition) is 3. The van der Waals surface area contributed by atoms with Crippen LogP contribution in [0.4, 0.5) is 21.9 Å². The predicted octanol–water partition coefficient (Wildman–Crippen LogP) is 4.71. The molecule has 1 aliphatic rings. The second kappa shape index (κ2) is 8.83. The first-order valence-corrected chi connectivity index (χ1v) is 9.27. The number of para-hydroxylation sites is 1. The van der Waals surface area contributed by atoms with E-state index < -0.39 is 0 Å². The summed E-state index contributed by atoms with van der Waals surface area (Å²) < 4.78 is 10.6. The Morgan fingerprint density at radius 3 is 2.10 bits per heavy atom. The molecule has 0 aliphatic carbocycles. The lowest BCUT2D eigenvalue weighted by atomic mass is 10.2. The smallest absolute Gasteiger partial charge is 0.323 e. The molecule has 0 spiro atoms. The molecule has 0 fully saturated rings. The van der Waals surface area contributed by atoms with Crippen molar-refractivity contribution in [3.63, 3.8) is 0 Å². The summed E-state index contributed by atoms with van der Waals surface area (Å²) in [6.45, 7) is 0.210. The zero-order chi connectivity index (χ0) is 20.8. The number of rotatable bonds is 5. The molecule has 4 rings (SSSR count). The van der Waals surface area contributed by atoms with Gasteiger partial charge in [0.05, 0.1) is 0 Å². The Kier molecular flexibility index (Phi) is 5.61. The molecule has 3 N–H and O–H groups in total. The summed E-state index contributed by atoms with van der Waals surface area (Å²) >= 11 is 0. The maximum Gasteiger partial charge on any atom is 0.323 e. The Hall–Kier alpha value is -4.26. The van der Waals surface area contributed by atoms with Gasteiger partial charge in [0.25, 0.3) is 0 Å². The van der Waals surface area contributed by atoms with Gasteiger partial charge in [-0.2, -0.15) is 0 Å². The molecule has 3 aromatic carbocycles. The van der Waals surface area contributed by atoms with Crippen molar-refractivity contribution in [2.45, 2.75) is 0 Å². The van der Waals surface area contributed by atoms with Crippen LogP contribution in [-0.2, 0) is 4.79 Å². The van der Waals surface area contributed by atoms with E-state index >= 15 is 0 Å². The van der Waals surface area contributed by atoms with E-state index in [1.54, 1.807) is 48.5 Å². The molecule has 150 valence electrons. The van der Waals surface area contributed by atoms with Gasteiger partial charge in [-0.3, -0.25) is 4.79 Å². The van der Waals surface area contributed by atoms with E-state index in [1.165, 1.54) is 6.08 Å². The van der Waals surface area contributed by atoms with Gasteiger partial charge in [-0.15, -0.1) is 0 Å². The molecule has 7 nitrogen and oxygen atoms in total. The second-order valence-electron chi connectivity index (χ2n) is 6.46. The summed E-state index contributed by atoms with van der Waals surface area (Å²) in [6, 6.07) is 21.1. The molecule has 3 aromatic rings. The number of fused-ring (bicyclic) bond motifs is 1. The molecule has 0 aromatic heterocycles. The van der Waals surface area contributed by atoms with Gasteiger partial charge in [-0.1, -0.05) is 24.3 Å². The minimum atomic E-state index is -0.343. The van der Waals surface area contributed by atoms with Gasteiger partial charge in [0, 0.05) is 23.1 Å². The summed E-state index contributed by atoms with van der Waals surface area (Å²) in [5.74, 6) is 1.09. The zero-order valence-corrected chi connectivity index (χ0v) is 15.9. The summed E-state index contributed by atoms with van der Waals surface area (Å²) in [5.41, 5.74) is 2.76. The maximum absolute atomic E-state index is 12.2. The number of nitrogens with one attached hydrogen (secondary N) is 3. The highest BCUT2D eigenvalue weighted by atomic mass is 16.7. The number of ether oxygens (including phenoxy) is 2. The van der Waals surface area contributed by atoms with Crippen LogP contribution in [0.15, 0.2) is 78.9 Å². The van der Waals surface area contributed by atoms with E-state index in [0.29, 0.717) is 28.6 Å². The van der Waals surface area contributed by atoms with Crippen molar-refractivity contribution in [3.05, 3.63) is 84.4 Å². The molecule has 0 bridgehead atoms. The van der Waals surface area contributed by atoms with Crippen LogP contribution in [-0.4, -0.2) is 18.7 Å². The van der Waals surface area contributed by atoms with Crippen LogP contribution in [0.3, 0.4) is 0 Å². The Balaban J connectivity index is 1.29. The normalized spacial score (nSPS) is 11.9. The molecule has 30 heavy (non-hydrogen) atoms. The van der Waals surface area contributed by atoms with Gasteiger partial charge in [-0.25, -0.2) is 4.79 Å². The Bertz CT molecular complexity index is 1080. The van der Waals surface area contributed by atoms with Crippen molar-refractivity contribution in [2.75, 3.05) is 22.7 Å². The first-order valence-electron chi connectivity index (χ1n) is 9.27. The summed E-state index contributed by atoms with van der Waals surface area (Å²) in [4.78, 5) is 24.2. The fraction of sp³-hybridized carbons (Fsp3) is 0.0435. The van der Waals surface area contributed by atoms with E-state index in [-0.39, 0.29) is 18.7 Å². The Morgan fingerprint density at radius 1 is 0.733 bits per heavy atom. The molecule has 1 aliphatic heterocycles. The number of anilines is 3. The van der Waals surface area contributed by atoms with Gasteiger partial charge in [0.1, 0.15) is 0 Å². The quantitative estimate of drug-likeness (QED) is 0.540. The van der Waals surface area contributed by atoms with E-state index in [0.717, 1.165) is 5.56 Å². The summed E-state index contributed by atoms with van der Waals surface area (Å²) in [6.07, 6.45) is 3.14. The van der Waals surface area contributed by atoms with Crippen molar-refractivity contribution >= 4 is 35.1 Å². The highest BCUT2D eigenvalue weighted by Gasteiger charge is 2.12. The van der Waals surface area contributed by atoms with E-state index in [1.807, 2.05) is 30.3 Å². The van der Waals surface area contributed by atoms with Crippen LogP contribution in [0.5, 0.6) is 11.5 Å². The van der Waals surface area contributed by atoms with Crippen molar-refractivity contribution in [1.29, 1.82) is 0 Å². The van der Waals surface area contributed by atoms with Crippen LogP contribution in [0.1, 0.15) is 5.56 Å². The molecule has 0 unspecified atom stereocenters. The van der Waals surface area contributed by atoms with Gasteiger partial charge in [-0.05, 0) is 60.2 Å². The van der Waals surface area contributed by atoms with E-state index in [2.05, 4.69) is 16.0 Å². The van der Waals surface area contributed by atoms with Crippen molar-refractivity contribution in [3.8, 4) is 11.5 Å². The van der Waals surface area contributed by atoms with Crippen LogP contribution < -0.4 is 25.4 Å². The third-order valence-electron chi connectivity index (χ3n) is 4.27. The summed E-state index contributed by atoms with van der Waals surface area (Å²) in [7, 11) is 0. The molecule has 0 radical (unpaired) electrons. The Labute approximate surface area is 173 Å². The molecule has 1 heterocycles. The third-order valence-corrected chi connectivity index (χ3v) is 4.27. The third kappa shape index (κ3) is 4.96. The monoisotopic (exact) mass is 401 g/mol. The number of urea groups is 1. The molecule has 3 amide bonds. The predicted molar refractivity (Wildman–Crippen MR) is 116 cm³/mol. The van der Waals surface area contributed by atoms with Gasteiger partial charge < -0.3 is 25.4 Å². The van der Waals surface area contributed by atoms with Crippen LogP contribution >= 0.6 is 0 Å². The van der Waals surface area contributed by atoms with E-state index in [9.17, 15) is 9.59 Å². The maximum atomic E-state index is 12.2. The lowest BCUT2D eigenvalue weighted by Gasteiger charge is -2.08. The standard InChI is InChI=1S/C23H19N3O4/c27-22(13-7-16-6-12-20-21(14-16)30-15-29-20)24-18-8-10-19(11-9-18)26-23(28)25-17-4-2-1-3-5-17/h1-14H,15H2,(H,24,27)(H2,25,26,28)/b13-7+. The number of hydrogen-bond acceptors (Lipinski definition) is 4. The minimum absolute atomic E-state index is 0.210. The fourth-order valence-corrected chi connectivity index (χ4v) is 2.82. The SMILES string of the molecule is O=C(/C=C/c1ccc2c(c1)OCO2)Nc1ccc(NC(=O)Nc2ccccc2)cc1. The minimum Gasteiger partial charge on any atom is -0.454 e. The first kappa shape index (κ1) is 19.1.